The molecule has 0 aliphatic carbocycles. The Morgan fingerprint density at radius 2 is 2.18 bits per heavy atom. The monoisotopic (exact) mass is 239 g/mol. The summed E-state index contributed by atoms with van der Waals surface area (Å²) in [5.41, 5.74) is -0.357. The molecule has 0 aromatic heterocycles. The minimum atomic E-state index is -0.972. The maximum Gasteiger partial charge on any atom is 0.182 e. The number of carbonyl (C=O) groups excluding carboxylic acids is 1. The third-order valence-electron chi connectivity index (χ3n) is 3.46. The standard InChI is InChI=1S/C13H15F2NO/c1-2-13(6-3-7-16-13)12(17)9-4-5-10(14)11(15)8-9/h4-5,8,16H,2-3,6-7H2,1H3. The van der Waals surface area contributed by atoms with E-state index in [1.54, 1.807) is 0 Å². The highest BCUT2D eigenvalue weighted by Gasteiger charge is 2.39. The van der Waals surface area contributed by atoms with Gasteiger partial charge in [0.1, 0.15) is 0 Å². The highest BCUT2D eigenvalue weighted by atomic mass is 19.2. The molecule has 0 radical (unpaired) electrons. The summed E-state index contributed by atoms with van der Waals surface area (Å²) in [6.45, 7) is 2.72. The van der Waals surface area contributed by atoms with Gasteiger partial charge in [0.15, 0.2) is 17.4 Å². The van der Waals surface area contributed by atoms with E-state index in [0.717, 1.165) is 31.5 Å². The summed E-state index contributed by atoms with van der Waals surface area (Å²) in [6, 6.07) is 3.33. The number of Topliss-reactive ketones (excluding diaryl/α,β-unsaturated/α-hetero) is 1. The first-order chi connectivity index (χ1) is 8.09. The number of hydrogen-bond donors (Lipinski definition) is 1. The van der Waals surface area contributed by atoms with Gasteiger partial charge in [-0.25, -0.2) is 8.78 Å². The molecule has 2 rings (SSSR count). The van der Waals surface area contributed by atoms with Crippen LogP contribution in [-0.2, 0) is 0 Å². The van der Waals surface area contributed by atoms with Crippen molar-refractivity contribution < 1.29 is 13.6 Å². The first-order valence-electron chi connectivity index (χ1n) is 5.84. The molecule has 0 spiro atoms. The Labute approximate surface area is 99.0 Å². The van der Waals surface area contributed by atoms with Crippen LogP contribution in [0.5, 0.6) is 0 Å². The van der Waals surface area contributed by atoms with E-state index in [9.17, 15) is 13.6 Å². The lowest BCUT2D eigenvalue weighted by atomic mass is 9.85. The summed E-state index contributed by atoms with van der Waals surface area (Å²) in [6.07, 6.45) is 2.34. The van der Waals surface area contributed by atoms with E-state index in [-0.39, 0.29) is 11.3 Å². The summed E-state index contributed by atoms with van der Waals surface area (Å²) in [7, 11) is 0. The second-order valence-corrected chi connectivity index (χ2v) is 4.42. The summed E-state index contributed by atoms with van der Waals surface area (Å²) >= 11 is 0. The lowest BCUT2D eigenvalue weighted by Crippen LogP contribution is -2.47. The van der Waals surface area contributed by atoms with E-state index in [1.165, 1.54) is 6.07 Å². The lowest BCUT2D eigenvalue weighted by Gasteiger charge is -2.26. The number of carbonyl (C=O) groups is 1. The molecule has 0 bridgehead atoms. The number of rotatable bonds is 3. The summed E-state index contributed by atoms with van der Waals surface area (Å²) < 4.78 is 25.9. The molecule has 0 amide bonds. The number of benzene rings is 1. The quantitative estimate of drug-likeness (QED) is 0.822. The molecular weight excluding hydrogens is 224 g/mol. The average molecular weight is 239 g/mol. The predicted molar refractivity (Wildman–Crippen MR) is 60.9 cm³/mol. The largest absolute Gasteiger partial charge is 0.305 e. The SMILES string of the molecule is CCC1(C(=O)c2ccc(F)c(F)c2)CCCN1. The lowest BCUT2D eigenvalue weighted by molar-refractivity contribution is 0.0863. The molecule has 1 aromatic carbocycles. The predicted octanol–water partition coefficient (Wildman–Crippen LogP) is 2.68. The van der Waals surface area contributed by atoms with Crippen LogP contribution in [0.4, 0.5) is 8.78 Å². The third kappa shape index (κ3) is 2.09. The van der Waals surface area contributed by atoms with Crippen molar-refractivity contribution in [3.63, 3.8) is 0 Å². The molecule has 1 atom stereocenters. The Hall–Kier alpha value is -1.29. The van der Waals surface area contributed by atoms with Crippen LogP contribution in [0.3, 0.4) is 0 Å². The average Bonchev–Trinajstić information content (AvgIpc) is 2.81. The van der Waals surface area contributed by atoms with Gasteiger partial charge in [-0.05, 0) is 44.0 Å². The van der Waals surface area contributed by atoms with Crippen LogP contribution < -0.4 is 5.32 Å². The highest BCUT2D eigenvalue weighted by molar-refractivity contribution is 6.03. The zero-order valence-electron chi connectivity index (χ0n) is 9.72. The topological polar surface area (TPSA) is 29.1 Å². The molecule has 1 saturated heterocycles. The Morgan fingerprint density at radius 3 is 2.71 bits per heavy atom. The highest BCUT2D eigenvalue weighted by Crippen LogP contribution is 2.27. The number of ketones is 1. The molecule has 2 nitrogen and oxygen atoms in total. The van der Waals surface area contributed by atoms with Crippen molar-refractivity contribution >= 4 is 5.78 Å². The van der Waals surface area contributed by atoms with Gasteiger partial charge in [-0.3, -0.25) is 4.79 Å². The third-order valence-corrected chi connectivity index (χ3v) is 3.46. The fourth-order valence-electron chi connectivity index (χ4n) is 2.38. The van der Waals surface area contributed by atoms with Gasteiger partial charge in [0, 0.05) is 5.56 Å². The van der Waals surface area contributed by atoms with Gasteiger partial charge in [0.2, 0.25) is 0 Å². The zero-order chi connectivity index (χ0) is 12.5. The molecule has 92 valence electrons. The Morgan fingerprint density at radius 1 is 1.41 bits per heavy atom. The van der Waals surface area contributed by atoms with Gasteiger partial charge >= 0.3 is 0 Å². The first-order valence-corrected chi connectivity index (χ1v) is 5.84. The Kier molecular flexibility index (Phi) is 3.24. The Bertz CT molecular complexity index is 439. The summed E-state index contributed by atoms with van der Waals surface area (Å²) in [4.78, 5) is 12.3. The molecule has 1 aromatic rings. The van der Waals surface area contributed by atoms with Crippen LogP contribution in [0, 0.1) is 11.6 Å². The Balaban J connectivity index is 2.32. The molecule has 1 heterocycles. The van der Waals surface area contributed by atoms with Crippen molar-refractivity contribution in [3.05, 3.63) is 35.4 Å². The number of hydrogen-bond acceptors (Lipinski definition) is 2. The summed E-state index contributed by atoms with van der Waals surface area (Å²) in [5.74, 6) is -2.04. The van der Waals surface area contributed by atoms with Gasteiger partial charge in [-0.1, -0.05) is 6.92 Å². The molecule has 1 aliphatic rings. The zero-order valence-corrected chi connectivity index (χ0v) is 9.72. The minimum absolute atomic E-state index is 0.142. The molecule has 0 saturated carbocycles. The van der Waals surface area contributed by atoms with E-state index in [0.29, 0.717) is 6.42 Å². The second-order valence-electron chi connectivity index (χ2n) is 4.42. The molecule has 1 aliphatic heterocycles. The van der Waals surface area contributed by atoms with Crippen molar-refractivity contribution in [3.8, 4) is 0 Å². The van der Waals surface area contributed by atoms with Gasteiger partial charge in [0.05, 0.1) is 5.54 Å². The second kappa shape index (κ2) is 4.53. The van der Waals surface area contributed by atoms with Crippen molar-refractivity contribution in [1.29, 1.82) is 0 Å². The molecule has 1 fully saturated rings. The van der Waals surface area contributed by atoms with Gasteiger partial charge in [-0.15, -0.1) is 0 Å². The van der Waals surface area contributed by atoms with Crippen LogP contribution in [0.15, 0.2) is 18.2 Å². The van der Waals surface area contributed by atoms with E-state index in [2.05, 4.69) is 5.32 Å². The van der Waals surface area contributed by atoms with E-state index in [4.69, 9.17) is 0 Å². The van der Waals surface area contributed by atoms with Crippen molar-refractivity contribution in [2.45, 2.75) is 31.7 Å². The number of halogens is 2. The molecule has 17 heavy (non-hydrogen) atoms. The first kappa shape index (κ1) is 12.2. The molecular formula is C13H15F2NO. The van der Waals surface area contributed by atoms with Crippen LogP contribution in [-0.4, -0.2) is 17.9 Å². The van der Waals surface area contributed by atoms with E-state index in [1.807, 2.05) is 6.92 Å². The fraction of sp³-hybridized carbons (Fsp3) is 0.462. The van der Waals surface area contributed by atoms with Crippen LogP contribution in [0.2, 0.25) is 0 Å². The van der Waals surface area contributed by atoms with Crippen molar-refractivity contribution in [1.82, 2.24) is 5.32 Å². The van der Waals surface area contributed by atoms with Crippen LogP contribution >= 0.6 is 0 Å². The minimum Gasteiger partial charge on any atom is -0.305 e. The molecule has 1 N–H and O–H groups in total. The normalized spacial score (nSPS) is 23.9. The van der Waals surface area contributed by atoms with Crippen molar-refractivity contribution in [2.24, 2.45) is 0 Å². The van der Waals surface area contributed by atoms with Crippen molar-refractivity contribution in [2.75, 3.05) is 6.54 Å². The van der Waals surface area contributed by atoms with Gasteiger partial charge < -0.3 is 5.32 Å². The van der Waals surface area contributed by atoms with E-state index >= 15 is 0 Å². The molecule has 1 unspecified atom stereocenters. The maximum absolute atomic E-state index is 13.1. The van der Waals surface area contributed by atoms with Gasteiger partial charge in [0.25, 0.3) is 0 Å². The van der Waals surface area contributed by atoms with Crippen LogP contribution in [0.1, 0.15) is 36.5 Å². The molecule has 4 heteroatoms. The van der Waals surface area contributed by atoms with E-state index < -0.39 is 17.2 Å². The fourth-order valence-corrected chi connectivity index (χ4v) is 2.38. The van der Waals surface area contributed by atoms with Crippen LogP contribution in [0.25, 0.3) is 0 Å². The maximum atomic E-state index is 13.1. The smallest absolute Gasteiger partial charge is 0.182 e. The van der Waals surface area contributed by atoms with Gasteiger partial charge in [-0.2, -0.15) is 0 Å². The summed E-state index contributed by atoms with van der Waals surface area (Å²) in [5, 5.41) is 3.19. The number of nitrogens with one attached hydrogen (secondary N) is 1.